The number of amides is 2. The van der Waals surface area contributed by atoms with Crippen molar-refractivity contribution in [2.45, 2.75) is 52.3 Å². The lowest BCUT2D eigenvalue weighted by atomic mass is 10.2. The number of carbonyl (C=O) groups excluding carboxylic acids is 2. The molecule has 1 unspecified atom stereocenters. The Hall–Kier alpha value is -2.77. The zero-order valence-electron chi connectivity index (χ0n) is 18.8. The highest BCUT2D eigenvalue weighted by molar-refractivity contribution is 5.86. The molecule has 0 saturated carbocycles. The number of hydrogen-bond acceptors (Lipinski definition) is 4. The van der Waals surface area contributed by atoms with E-state index in [0.29, 0.717) is 25.6 Å². The summed E-state index contributed by atoms with van der Waals surface area (Å²) in [5, 5.41) is 6.07. The average Bonchev–Trinajstić information content (AvgIpc) is 3.13. The number of carbonyl (C=O) groups is 2. The summed E-state index contributed by atoms with van der Waals surface area (Å²) in [6.07, 6.45) is 0.384. The first-order valence-electron chi connectivity index (χ1n) is 10.5. The molecule has 2 amide bonds. The zero-order valence-corrected chi connectivity index (χ0v) is 18.8. The van der Waals surface area contributed by atoms with Crippen molar-refractivity contribution in [1.29, 1.82) is 0 Å². The first-order chi connectivity index (χ1) is 14.2. The lowest BCUT2D eigenvalue weighted by molar-refractivity contribution is -0.130. The van der Waals surface area contributed by atoms with E-state index in [0.717, 1.165) is 18.5 Å². The van der Waals surface area contributed by atoms with Crippen LogP contribution in [0.25, 0.3) is 0 Å². The molecule has 2 rings (SSSR count). The smallest absolute Gasteiger partial charge is 0.407 e. The number of hydrogen-bond donors (Lipinski definition) is 2. The highest BCUT2D eigenvalue weighted by Gasteiger charge is 2.28. The molecule has 30 heavy (non-hydrogen) atoms. The second kappa shape index (κ2) is 10.8. The Balaban J connectivity index is 1.82. The molecule has 0 radical (unpaired) electrons. The lowest BCUT2D eigenvalue weighted by Crippen LogP contribution is -2.47. The van der Waals surface area contributed by atoms with Crippen molar-refractivity contribution in [3.05, 3.63) is 35.9 Å². The van der Waals surface area contributed by atoms with Gasteiger partial charge in [0.15, 0.2) is 5.96 Å². The molecule has 1 aliphatic rings. The van der Waals surface area contributed by atoms with E-state index in [-0.39, 0.29) is 18.5 Å². The number of benzene rings is 1. The molecule has 1 aromatic carbocycles. The molecule has 0 bridgehead atoms. The summed E-state index contributed by atoms with van der Waals surface area (Å²) in [4.78, 5) is 32.8. The number of aliphatic imine (C=N–C) groups is 1. The van der Waals surface area contributed by atoms with E-state index >= 15 is 0 Å². The first-order valence-corrected chi connectivity index (χ1v) is 10.5. The number of nitrogens with zero attached hydrogens (tertiary/aromatic N) is 3. The van der Waals surface area contributed by atoms with Crippen molar-refractivity contribution in [2.24, 2.45) is 4.99 Å². The van der Waals surface area contributed by atoms with Gasteiger partial charge in [-0.2, -0.15) is 0 Å². The van der Waals surface area contributed by atoms with Gasteiger partial charge in [0, 0.05) is 33.2 Å². The van der Waals surface area contributed by atoms with Crippen molar-refractivity contribution in [3.63, 3.8) is 0 Å². The van der Waals surface area contributed by atoms with Crippen LogP contribution in [0.2, 0.25) is 0 Å². The standard InChI is InChI=1S/C22H35N5O3/c1-6-26(15-17-10-8-7-9-11-17)19(28)14-24-20(23-5)27-13-12-18(16-27)25-21(29)30-22(2,3)4/h7-11,18H,6,12-16H2,1-5H3,(H,23,24)(H,25,29). The lowest BCUT2D eigenvalue weighted by Gasteiger charge is -2.25. The maximum absolute atomic E-state index is 12.7. The van der Waals surface area contributed by atoms with Crippen molar-refractivity contribution < 1.29 is 14.3 Å². The average molecular weight is 418 g/mol. The quantitative estimate of drug-likeness (QED) is 0.547. The molecule has 166 valence electrons. The molecule has 8 heteroatoms. The summed E-state index contributed by atoms with van der Waals surface area (Å²) in [7, 11) is 1.70. The molecule has 2 N–H and O–H groups in total. The van der Waals surface area contributed by atoms with Gasteiger partial charge in [0.05, 0.1) is 12.6 Å². The van der Waals surface area contributed by atoms with Crippen LogP contribution in [0, 0.1) is 0 Å². The number of nitrogens with one attached hydrogen (secondary N) is 2. The van der Waals surface area contributed by atoms with Crippen molar-refractivity contribution in [2.75, 3.05) is 33.2 Å². The van der Waals surface area contributed by atoms with Crippen LogP contribution in [0.3, 0.4) is 0 Å². The fraction of sp³-hybridized carbons (Fsp3) is 0.591. The number of likely N-dealkylation sites (N-methyl/N-ethyl adjacent to an activating group) is 1. The van der Waals surface area contributed by atoms with Gasteiger partial charge >= 0.3 is 6.09 Å². The first kappa shape index (κ1) is 23.5. The van der Waals surface area contributed by atoms with Gasteiger partial charge < -0.3 is 25.2 Å². The number of likely N-dealkylation sites (tertiary alicyclic amines) is 1. The summed E-state index contributed by atoms with van der Waals surface area (Å²) in [6.45, 7) is 10.3. The molecule has 1 aliphatic heterocycles. The molecular weight excluding hydrogens is 382 g/mol. The van der Waals surface area contributed by atoms with Crippen molar-refractivity contribution in [1.82, 2.24) is 20.4 Å². The molecule has 0 aromatic heterocycles. The van der Waals surface area contributed by atoms with Crippen LogP contribution in [-0.4, -0.2) is 72.6 Å². The summed E-state index contributed by atoms with van der Waals surface area (Å²) < 4.78 is 5.32. The van der Waals surface area contributed by atoms with Gasteiger partial charge in [-0.25, -0.2) is 4.79 Å². The highest BCUT2D eigenvalue weighted by Crippen LogP contribution is 2.12. The van der Waals surface area contributed by atoms with Crippen LogP contribution in [-0.2, 0) is 16.1 Å². The van der Waals surface area contributed by atoms with E-state index < -0.39 is 11.7 Å². The van der Waals surface area contributed by atoms with Crippen LogP contribution >= 0.6 is 0 Å². The molecule has 0 aliphatic carbocycles. The fourth-order valence-electron chi connectivity index (χ4n) is 3.32. The fourth-order valence-corrected chi connectivity index (χ4v) is 3.32. The monoisotopic (exact) mass is 417 g/mol. The molecule has 1 aromatic rings. The zero-order chi connectivity index (χ0) is 22.1. The van der Waals surface area contributed by atoms with E-state index in [2.05, 4.69) is 15.6 Å². The van der Waals surface area contributed by atoms with Gasteiger partial charge in [0.1, 0.15) is 5.60 Å². The van der Waals surface area contributed by atoms with Crippen LogP contribution in [0.4, 0.5) is 4.79 Å². The van der Waals surface area contributed by atoms with Crippen molar-refractivity contribution in [3.8, 4) is 0 Å². The van der Waals surface area contributed by atoms with Crippen LogP contribution in [0.1, 0.15) is 39.7 Å². The molecule has 1 saturated heterocycles. The minimum absolute atomic E-state index is 0.0145. The Morgan fingerprint density at radius 2 is 1.97 bits per heavy atom. The Morgan fingerprint density at radius 1 is 1.27 bits per heavy atom. The topological polar surface area (TPSA) is 86.3 Å². The molecule has 8 nitrogen and oxygen atoms in total. The SMILES string of the molecule is CCN(Cc1ccccc1)C(=O)CNC(=NC)N1CCC(NC(=O)OC(C)(C)C)C1. The normalized spacial score (nSPS) is 16.9. The Labute approximate surface area is 179 Å². The molecule has 0 spiro atoms. The maximum atomic E-state index is 12.7. The predicted molar refractivity (Wildman–Crippen MR) is 118 cm³/mol. The number of rotatable bonds is 6. The van der Waals surface area contributed by atoms with Gasteiger partial charge in [0.25, 0.3) is 0 Å². The van der Waals surface area contributed by atoms with Gasteiger partial charge in [-0.05, 0) is 39.7 Å². The molecule has 1 heterocycles. The van der Waals surface area contributed by atoms with E-state index in [1.165, 1.54) is 0 Å². The summed E-state index contributed by atoms with van der Waals surface area (Å²) >= 11 is 0. The Bertz CT molecular complexity index is 730. The van der Waals surface area contributed by atoms with Gasteiger partial charge in [-0.15, -0.1) is 0 Å². The van der Waals surface area contributed by atoms with Gasteiger partial charge in [-0.3, -0.25) is 9.79 Å². The maximum Gasteiger partial charge on any atom is 0.407 e. The van der Waals surface area contributed by atoms with E-state index in [1.54, 1.807) is 7.05 Å². The Morgan fingerprint density at radius 3 is 2.57 bits per heavy atom. The predicted octanol–water partition coefficient (Wildman–Crippen LogP) is 2.21. The number of guanidine groups is 1. The summed E-state index contributed by atoms with van der Waals surface area (Å²) in [5.41, 5.74) is 0.582. The molecule has 1 atom stereocenters. The van der Waals surface area contributed by atoms with Crippen LogP contribution in [0.5, 0.6) is 0 Å². The van der Waals surface area contributed by atoms with Crippen LogP contribution < -0.4 is 10.6 Å². The second-order valence-electron chi connectivity index (χ2n) is 8.37. The van der Waals surface area contributed by atoms with Gasteiger partial charge in [-0.1, -0.05) is 30.3 Å². The Kier molecular flexibility index (Phi) is 8.50. The third kappa shape index (κ3) is 7.57. The number of alkyl carbamates (subject to hydrolysis) is 1. The van der Waals surface area contributed by atoms with Crippen molar-refractivity contribution >= 4 is 18.0 Å². The summed E-state index contributed by atoms with van der Waals surface area (Å²) in [6, 6.07) is 9.94. The second-order valence-corrected chi connectivity index (χ2v) is 8.37. The highest BCUT2D eigenvalue weighted by atomic mass is 16.6. The number of ether oxygens (including phenoxy) is 1. The van der Waals surface area contributed by atoms with Crippen LogP contribution in [0.15, 0.2) is 35.3 Å². The van der Waals surface area contributed by atoms with E-state index in [9.17, 15) is 9.59 Å². The third-order valence-corrected chi connectivity index (χ3v) is 4.77. The summed E-state index contributed by atoms with van der Waals surface area (Å²) in [5.74, 6) is 0.678. The largest absolute Gasteiger partial charge is 0.444 e. The third-order valence-electron chi connectivity index (χ3n) is 4.77. The van der Waals surface area contributed by atoms with E-state index in [1.807, 2.05) is 67.8 Å². The minimum atomic E-state index is -0.523. The van der Waals surface area contributed by atoms with E-state index in [4.69, 9.17) is 4.74 Å². The van der Waals surface area contributed by atoms with Gasteiger partial charge in [0.2, 0.25) is 5.91 Å². The molecular formula is C22H35N5O3. The minimum Gasteiger partial charge on any atom is -0.444 e. The molecule has 1 fully saturated rings.